The van der Waals surface area contributed by atoms with Gasteiger partial charge in [-0.1, -0.05) is 29.4 Å². The molecule has 0 amide bonds. The van der Waals surface area contributed by atoms with Crippen molar-refractivity contribution in [3.63, 3.8) is 0 Å². The molecule has 28 heavy (non-hydrogen) atoms. The Labute approximate surface area is 166 Å². The van der Waals surface area contributed by atoms with Crippen LogP contribution in [0.25, 0.3) is 0 Å². The number of nitrogens with one attached hydrogen (secondary N) is 1. The van der Waals surface area contributed by atoms with Gasteiger partial charge in [-0.3, -0.25) is 9.89 Å². The molecule has 0 radical (unpaired) electrons. The summed E-state index contributed by atoms with van der Waals surface area (Å²) in [4.78, 5) is 9.88. The molecule has 1 aliphatic heterocycles. The fourth-order valence-electron chi connectivity index (χ4n) is 5.02. The average Bonchev–Trinajstić information content (AvgIpc) is 3.07. The third-order valence-electron chi connectivity index (χ3n) is 6.54. The largest absolute Gasteiger partial charge is 0.364 e. The molecular weight excluding hydrogens is 350 g/mol. The lowest BCUT2D eigenvalue weighted by atomic mass is 10.0. The Hall–Kier alpha value is -2.34. The molecule has 6 heteroatoms. The predicted molar refractivity (Wildman–Crippen MR) is 109 cm³/mol. The van der Waals surface area contributed by atoms with Gasteiger partial charge in [0.15, 0.2) is 5.96 Å². The third-order valence-corrected chi connectivity index (χ3v) is 6.54. The highest BCUT2D eigenvalue weighted by atomic mass is 16.5. The number of hydrogen-bond acceptors (Lipinski definition) is 4. The van der Waals surface area contributed by atoms with E-state index in [1.807, 2.05) is 6.07 Å². The van der Waals surface area contributed by atoms with Crippen LogP contribution < -0.4 is 5.32 Å². The SMILES string of the molecule is CCNC(=NCC1C2Cc3ccccc3C12)N1CCN(Cc2ccon2)CC1. The lowest BCUT2D eigenvalue weighted by Crippen LogP contribution is -2.52. The molecule has 1 N–H and O–H groups in total. The smallest absolute Gasteiger partial charge is 0.194 e. The van der Waals surface area contributed by atoms with Gasteiger partial charge in [0.1, 0.15) is 6.26 Å². The van der Waals surface area contributed by atoms with E-state index >= 15 is 0 Å². The number of fused-ring (bicyclic) bond motifs is 3. The van der Waals surface area contributed by atoms with Crippen molar-refractivity contribution in [2.45, 2.75) is 25.8 Å². The highest BCUT2D eigenvalue weighted by Crippen LogP contribution is 2.61. The van der Waals surface area contributed by atoms with Crippen LogP contribution in [-0.4, -0.2) is 60.2 Å². The number of nitrogens with zero attached hydrogens (tertiary/aromatic N) is 4. The van der Waals surface area contributed by atoms with E-state index in [1.165, 1.54) is 6.42 Å². The maximum absolute atomic E-state index is 5.04. The second-order valence-corrected chi connectivity index (χ2v) is 8.21. The number of rotatable bonds is 5. The van der Waals surface area contributed by atoms with E-state index in [0.717, 1.165) is 75.2 Å². The molecule has 148 valence electrons. The van der Waals surface area contributed by atoms with Crippen LogP contribution in [0.1, 0.15) is 29.7 Å². The van der Waals surface area contributed by atoms with Crippen molar-refractivity contribution >= 4 is 5.96 Å². The standard InChI is InChI=1S/C22H29N5O/c1-2-23-22(27-10-8-26(9-11-27)15-17-7-12-28-25-17)24-14-20-19-13-16-5-3-4-6-18(16)21(19)20/h3-7,12,19-21H,2,8-11,13-15H2,1H3,(H,23,24). The van der Waals surface area contributed by atoms with Crippen LogP contribution in [0.15, 0.2) is 46.1 Å². The second kappa shape index (κ2) is 7.59. The van der Waals surface area contributed by atoms with Crippen molar-refractivity contribution in [2.75, 3.05) is 39.3 Å². The minimum Gasteiger partial charge on any atom is -0.364 e. The molecule has 6 nitrogen and oxygen atoms in total. The zero-order valence-electron chi connectivity index (χ0n) is 16.6. The molecule has 1 aromatic heterocycles. The number of piperazine rings is 1. The van der Waals surface area contributed by atoms with E-state index in [2.05, 4.69) is 51.5 Å². The van der Waals surface area contributed by atoms with Crippen molar-refractivity contribution in [3.8, 4) is 0 Å². The molecule has 5 rings (SSSR count). The van der Waals surface area contributed by atoms with Gasteiger partial charge in [0.05, 0.1) is 5.69 Å². The monoisotopic (exact) mass is 379 g/mol. The highest BCUT2D eigenvalue weighted by Gasteiger charge is 2.55. The molecule has 1 aromatic carbocycles. The predicted octanol–water partition coefficient (Wildman–Crippen LogP) is 2.34. The normalized spacial score (nSPS) is 26.8. The third kappa shape index (κ3) is 3.41. The zero-order chi connectivity index (χ0) is 18.9. The average molecular weight is 380 g/mol. The molecule has 2 aromatic rings. The highest BCUT2D eigenvalue weighted by molar-refractivity contribution is 5.80. The van der Waals surface area contributed by atoms with Crippen molar-refractivity contribution < 1.29 is 4.52 Å². The molecule has 0 bridgehead atoms. The fraction of sp³-hybridized carbons (Fsp3) is 0.545. The molecule has 2 heterocycles. The van der Waals surface area contributed by atoms with Crippen molar-refractivity contribution in [1.29, 1.82) is 0 Å². The Balaban J connectivity index is 1.17. The summed E-state index contributed by atoms with van der Waals surface area (Å²) in [5, 5.41) is 7.54. The molecule has 2 fully saturated rings. The van der Waals surface area contributed by atoms with Crippen molar-refractivity contribution in [1.82, 2.24) is 20.3 Å². The molecule has 3 aliphatic rings. The van der Waals surface area contributed by atoms with Crippen LogP contribution in [0.3, 0.4) is 0 Å². The quantitative estimate of drug-likeness (QED) is 0.638. The molecule has 0 spiro atoms. The van der Waals surface area contributed by atoms with Gasteiger partial charge in [-0.2, -0.15) is 0 Å². The Morgan fingerprint density at radius 2 is 2.07 bits per heavy atom. The Morgan fingerprint density at radius 1 is 1.21 bits per heavy atom. The Kier molecular flexibility index (Phi) is 4.81. The van der Waals surface area contributed by atoms with Crippen LogP contribution in [0.4, 0.5) is 0 Å². The molecule has 2 aliphatic carbocycles. The van der Waals surface area contributed by atoms with E-state index in [-0.39, 0.29) is 0 Å². The van der Waals surface area contributed by atoms with Crippen LogP contribution in [0.5, 0.6) is 0 Å². The molecule has 3 atom stereocenters. The van der Waals surface area contributed by atoms with Crippen molar-refractivity contribution in [3.05, 3.63) is 53.4 Å². The molecule has 1 saturated heterocycles. The van der Waals surface area contributed by atoms with E-state index in [9.17, 15) is 0 Å². The lowest BCUT2D eigenvalue weighted by molar-refractivity contribution is 0.169. The van der Waals surface area contributed by atoms with Gasteiger partial charge < -0.3 is 14.7 Å². The van der Waals surface area contributed by atoms with E-state index in [1.54, 1.807) is 17.4 Å². The van der Waals surface area contributed by atoms with Crippen LogP contribution in [-0.2, 0) is 13.0 Å². The second-order valence-electron chi connectivity index (χ2n) is 8.21. The zero-order valence-corrected chi connectivity index (χ0v) is 16.6. The summed E-state index contributed by atoms with van der Waals surface area (Å²) in [5.74, 6) is 3.39. The summed E-state index contributed by atoms with van der Waals surface area (Å²) in [6, 6.07) is 10.9. The first kappa shape index (κ1) is 17.7. The molecule has 1 saturated carbocycles. The number of aliphatic imine (C=N–C) groups is 1. The van der Waals surface area contributed by atoms with Gasteiger partial charge in [0.2, 0.25) is 0 Å². The Morgan fingerprint density at radius 3 is 2.86 bits per heavy atom. The van der Waals surface area contributed by atoms with Gasteiger partial charge in [0, 0.05) is 51.9 Å². The van der Waals surface area contributed by atoms with Crippen molar-refractivity contribution in [2.24, 2.45) is 16.8 Å². The van der Waals surface area contributed by atoms with E-state index < -0.39 is 0 Å². The lowest BCUT2D eigenvalue weighted by Gasteiger charge is -2.36. The minimum absolute atomic E-state index is 0.733. The minimum atomic E-state index is 0.733. The number of aromatic nitrogens is 1. The first-order valence-corrected chi connectivity index (χ1v) is 10.6. The maximum Gasteiger partial charge on any atom is 0.194 e. The van der Waals surface area contributed by atoms with Gasteiger partial charge in [-0.25, -0.2) is 0 Å². The van der Waals surface area contributed by atoms with Gasteiger partial charge in [-0.15, -0.1) is 0 Å². The molecule has 3 unspecified atom stereocenters. The van der Waals surface area contributed by atoms with Gasteiger partial charge >= 0.3 is 0 Å². The number of guanidine groups is 1. The fourth-order valence-corrected chi connectivity index (χ4v) is 5.02. The maximum atomic E-state index is 5.04. The summed E-state index contributed by atoms with van der Waals surface area (Å²) in [6.45, 7) is 8.94. The number of benzene rings is 1. The van der Waals surface area contributed by atoms with Crippen LogP contribution in [0, 0.1) is 11.8 Å². The summed E-state index contributed by atoms with van der Waals surface area (Å²) >= 11 is 0. The number of hydrogen-bond donors (Lipinski definition) is 1. The Bertz CT molecular complexity index is 825. The first-order chi connectivity index (χ1) is 13.8. The molecular formula is C22H29N5O. The summed E-state index contributed by atoms with van der Waals surface area (Å²) < 4.78 is 4.94. The summed E-state index contributed by atoms with van der Waals surface area (Å²) in [7, 11) is 0. The van der Waals surface area contributed by atoms with E-state index in [0.29, 0.717) is 0 Å². The topological polar surface area (TPSA) is 56.9 Å². The van der Waals surface area contributed by atoms with E-state index in [4.69, 9.17) is 9.52 Å². The van der Waals surface area contributed by atoms with Crippen LogP contribution in [0.2, 0.25) is 0 Å². The summed E-state index contributed by atoms with van der Waals surface area (Å²) in [6.07, 6.45) is 2.89. The van der Waals surface area contributed by atoms with Crippen LogP contribution >= 0.6 is 0 Å². The van der Waals surface area contributed by atoms with Gasteiger partial charge in [0.25, 0.3) is 0 Å². The first-order valence-electron chi connectivity index (χ1n) is 10.6. The summed E-state index contributed by atoms with van der Waals surface area (Å²) in [5.41, 5.74) is 4.15. The van der Waals surface area contributed by atoms with Gasteiger partial charge in [-0.05, 0) is 42.2 Å².